The summed E-state index contributed by atoms with van der Waals surface area (Å²) in [7, 11) is 1.53. The number of ether oxygens (including phenoxy) is 1. The summed E-state index contributed by atoms with van der Waals surface area (Å²) in [6.07, 6.45) is -0.545. The summed E-state index contributed by atoms with van der Waals surface area (Å²) in [6, 6.07) is 5.87. The van der Waals surface area contributed by atoms with E-state index in [4.69, 9.17) is 27.9 Å². The van der Waals surface area contributed by atoms with Crippen molar-refractivity contribution in [3.63, 3.8) is 0 Å². The van der Waals surface area contributed by atoms with E-state index >= 15 is 0 Å². The van der Waals surface area contributed by atoms with E-state index in [-0.39, 0.29) is 29.4 Å². The van der Waals surface area contributed by atoms with Gasteiger partial charge in [0.2, 0.25) is 0 Å². The number of carbonyl (C=O) groups excluding carboxylic acids is 1. The Hall–Kier alpha value is -2.51. The molecule has 28 heavy (non-hydrogen) atoms. The summed E-state index contributed by atoms with van der Waals surface area (Å²) < 4.78 is 6.63. The van der Waals surface area contributed by atoms with Gasteiger partial charge in [0.05, 0.1) is 28.9 Å². The van der Waals surface area contributed by atoms with Crippen LogP contribution in [0.2, 0.25) is 10.0 Å². The molecule has 0 saturated carbocycles. The van der Waals surface area contributed by atoms with Gasteiger partial charge in [-0.05, 0) is 26.0 Å². The molecule has 0 bridgehead atoms. The number of halogens is 2. The van der Waals surface area contributed by atoms with Crippen LogP contribution in [0.5, 0.6) is 0 Å². The fraction of sp³-hybridized carbons (Fsp3) is 0.316. The number of amides is 1. The molecule has 0 aliphatic rings. The number of carboxylic acids is 1. The highest BCUT2D eigenvalue weighted by atomic mass is 35.5. The largest absolute Gasteiger partial charge is 0.477 e. The second kappa shape index (κ2) is 9.12. The standard InChI is InChI=1S/C19H20Cl2N2O5/c1-4-23-12(10-22(3)19(27)28-5-2)9-15(24)16(18(25)26)17(23)11-6-7-13(20)14(21)8-11/h6-9H,4-5,10H2,1-3H3,(H,25,26). The Morgan fingerprint density at radius 2 is 1.86 bits per heavy atom. The highest BCUT2D eigenvalue weighted by Gasteiger charge is 2.23. The van der Waals surface area contributed by atoms with E-state index in [0.717, 1.165) is 0 Å². The zero-order valence-electron chi connectivity index (χ0n) is 15.7. The zero-order valence-corrected chi connectivity index (χ0v) is 17.2. The van der Waals surface area contributed by atoms with Crippen LogP contribution >= 0.6 is 23.2 Å². The second-order valence-electron chi connectivity index (χ2n) is 5.96. The molecule has 0 radical (unpaired) electrons. The minimum absolute atomic E-state index is 0.0656. The third-order valence-electron chi connectivity index (χ3n) is 4.10. The van der Waals surface area contributed by atoms with Crippen molar-refractivity contribution in [2.45, 2.75) is 26.9 Å². The minimum atomic E-state index is -1.35. The van der Waals surface area contributed by atoms with Crippen LogP contribution in [0.1, 0.15) is 29.9 Å². The van der Waals surface area contributed by atoms with Gasteiger partial charge in [-0.1, -0.05) is 29.3 Å². The van der Waals surface area contributed by atoms with Crippen molar-refractivity contribution >= 4 is 35.3 Å². The van der Waals surface area contributed by atoms with Crippen molar-refractivity contribution < 1.29 is 19.4 Å². The SMILES string of the molecule is CCOC(=O)N(C)Cc1cc(=O)c(C(=O)O)c(-c2ccc(Cl)c(Cl)c2)n1CC. The summed E-state index contributed by atoms with van der Waals surface area (Å²) in [5.41, 5.74) is 0.0714. The number of aromatic carboxylic acids is 1. The Labute approximate surface area is 172 Å². The molecule has 1 aromatic carbocycles. The van der Waals surface area contributed by atoms with Crippen molar-refractivity contribution in [2.24, 2.45) is 0 Å². The Morgan fingerprint density at radius 1 is 1.18 bits per heavy atom. The number of pyridine rings is 1. The summed E-state index contributed by atoms with van der Waals surface area (Å²) in [6.45, 7) is 4.15. The smallest absolute Gasteiger partial charge is 0.409 e. The van der Waals surface area contributed by atoms with Crippen LogP contribution in [0.4, 0.5) is 4.79 Å². The van der Waals surface area contributed by atoms with E-state index in [1.807, 2.05) is 6.92 Å². The molecular formula is C19H20Cl2N2O5. The number of aromatic nitrogens is 1. The predicted octanol–water partition coefficient (Wildman–Crippen LogP) is 4.13. The van der Waals surface area contributed by atoms with E-state index in [1.165, 1.54) is 30.1 Å². The molecule has 0 atom stereocenters. The molecular weight excluding hydrogens is 407 g/mol. The van der Waals surface area contributed by atoms with E-state index in [1.54, 1.807) is 17.6 Å². The minimum Gasteiger partial charge on any atom is -0.477 e. The average molecular weight is 427 g/mol. The third kappa shape index (κ3) is 4.48. The number of hydrogen-bond acceptors (Lipinski definition) is 4. The Balaban J connectivity index is 2.72. The first-order valence-corrected chi connectivity index (χ1v) is 9.30. The lowest BCUT2D eigenvalue weighted by Gasteiger charge is -2.23. The molecule has 2 rings (SSSR count). The van der Waals surface area contributed by atoms with E-state index in [0.29, 0.717) is 22.8 Å². The van der Waals surface area contributed by atoms with Gasteiger partial charge in [-0.25, -0.2) is 9.59 Å². The summed E-state index contributed by atoms with van der Waals surface area (Å²) in [5.74, 6) is -1.35. The maximum absolute atomic E-state index is 12.6. The quantitative estimate of drug-likeness (QED) is 0.749. The van der Waals surface area contributed by atoms with Gasteiger partial charge in [-0.3, -0.25) is 4.79 Å². The zero-order chi connectivity index (χ0) is 21.0. The monoisotopic (exact) mass is 426 g/mol. The van der Waals surface area contributed by atoms with Crippen LogP contribution in [-0.2, 0) is 17.8 Å². The van der Waals surface area contributed by atoms with Gasteiger partial charge in [0.1, 0.15) is 5.56 Å². The van der Waals surface area contributed by atoms with E-state index in [9.17, 15) is 19.5 Å². The average Bonchev–Trinajstić information content (AvgIpc) is 2.63. The number of nitrogens with zero attached hydrogens (tertiary/aromatic N) is 2. The fourth-order valence-corrected chi connectivity index (χ4v) is 3.18. The first-order valence-electron chi connectivity index (χ1n) is 8.54. The number of carboxylic acid groups (broad SMARTS) is 1. The summed E-state index contributed by atoms with van der Waals surface area (Å²) in [5, 5.41) is 10.2. The van der Waals surface area contributed by atoms with Gasteiger partial charge in [0, 0.05) is 30.9 Å². The highest BCUT2D eigenvalue weighted by Crippen LogP contribution is 2.30. The Kier molecular flexibility index (Phi) is 7.10. The predicted molar refractivity (Wildman–Crippen MR) is 107 cm³/mol. The maximum Gasteiger partial charge on any atom is 0.409 e. The Morgan fingerprint density at radius 3 is 2.39 bits per heavy atom. The van der Waals surface area contributed by atoms with Gasteiger partial charge >= 0.3 is 12.1 Å². The van der Waals surface area contributed by atoms with Gasteiger partial charge in [0.15, 0.2) is 5.43 Å². The number of hydrogen-bond donors (Lipinski definition) is 1. The number of carbonyl (C=O) groups is 2. The fourth-order valence-electron chi connectivity index (χ4n) is 2.88. The van der Waals surface area contributed by atoms with Crippen LogP contribution in [0.3, 0.4) is 0 Å². The van der Waals surface area contributed by atoms with Gasteiger partial charge < -0.3 is 19.3 Å². The molecule has 0 aliphatic heterocycles. The lowest BCUT2D eigenvalue weighted by molar-refractivity contribution is 0.0695. The van der Waals surface area contributed by atoms with E-state index in [2.05, 4.69) is 0 Å². The van der Waals surface area contributed by atoms with Gasteiger partial charge in [-0.2, -0.15) is 0 Å². The first kappa shape index (κ1) is 21.8. The van der Waals surface area contributed by atoms with Crippen molar-refractivity contribution in [3.8, 4) is 11.3 Å². The topological polar surface area (TPSA) is 88.8 Å². The van der Waals surface area contributed by atoms with Crippen molar-refractivity contribution in [1.82, 2.24) is 9.47 Å². The lowest BCUT2D eigenvalue weighted by atomic mass is 10.0. The normalized spacial score (nSPS) is 10.6. The lowest BCUT2D eigenvalue weighted by Crippen LogP contribution is -2.31. The number of rotatable bonds is 6. The Bertz CT molecular complexity index is 972. The van der Waals surface area contributed by atoms with Gasteiger partial charge in [-0.15, -0.1) is 0 Å². The molecule has 0 aliphatic carbocycles. The third-order valence-corrected chi connectivity index (χ3v) is 4.84. The molecule has 1 N–H and O–H groups in total. The van der Waals surface area contributed by atoms with Crippen LogP contribution in [0.25, 0.3) is 11.3 Å². The van der Waals surface area contributed by atoms with Crippen LogP contribution in [-0.4, -0.2) is 40.3 Å². The molecule has 0 fully saturated rings. The van der Waals surface area contributed by atoms with Crippen LogP contribution < -0.4 is 5.43 Å². The molecule has 1 heterocycles. The van der Waals surface area contributed by atoms with Crippen molar-refractivity contribution in [2.75, 3.05) is 13.7 Å². The van der Waals surface area contributed by atoms with Crippen LogP contribution in [0, 0.1) is 0 Å². The molecule has 0 saturated heterocycles. The molecule has 150 valence electrons. The van der Waals surface area contributed by atoms with E-state index < -0.39 is 17.5 Å². The number of benzene rings is 1. The second-order valence-corrected chi connectivity index (χ2v) is 6.77. The molecule has 2 aromatic rings. The molecule has 1 amide bonds. The maximum atomic E-state index is 12.6. The summed E-state index contributed by atoms with van der Waals surface area (Å²) >= 11 is 12.1. The molecule has 0 unspecified atom stereocenters. The molecule has 1 aromatic heterocycles. The van der Waals surface area contributed by atoms with Crippen molar-refractivity contribution in [3.05, 3.63) is 55.8 Å². The van der Waals surface area contributed by atoms with Crippen LogP contribution in [0.15, 0.2) is 29.1 Å². The summed E-state index contributed by atoms with van der Waals surface area (Å²) in [4.78, 5) is 37.6. The first-order chi connectivity index (χ1) is 13.2. The molecule has 7 nitrogen and oxygen atoms in total. The highest BCUT2D eigenvalue weighted by molar-refractivity contribution is 6.42. The molecule has 0 spiro atoms. The molecule has 9 heteroatoms. The van der Waals surface area contributed by atoms with Gasteiger partial charge in [0.25, 0.3) is 0 Å². The van der Waals surface area contributed by atoms with Crippen molar-refractivity contribution in [1.29, 1.82) is 0 Å².